The maximum Gasteiger partial charge on any atom is 0.228 e. The lowest BCUT2D eigenvalue weighted by molar-refractivity contribution is -0.128. The molecule has 0 aliphatic rings. The third kappa shape index (κ3) is 2.97. The minimum atomic E-state index is -2.20. The lowest BCUT2D eigenvalue weighted by atomic mass is 10.1. The molecule has 0 fully saturated rings. The number of aryl methyl sites for hydroxylation is 2. The Bertz CT molecular complexity index is 943. The average molecular weight is 309 g/mol. The van der Waals surface area contributed by atoms with Crippen LogP contribution in [-0.2, 0) is 11.2 Å². The molecule has 0 aliphatic heterocycles. The van der Waals surface area contributed by atoms with Crippen LogP contribution in [0.3, 0.4) is 0 Å². The van der Waals surface area contributed by atoms with Crippen LogP contribution in [0.15, 0.2) is 42.6 Å². The third-order valence-electron chi connectivity index (χ3n) is 3.72. The quantitative estimate of drug-likeness (QED) is 0.745. The molecule has 3 rings (SSSR count). The van der Waals surface area contributed by atoms with Crippen LogP contribution in [0.5, 0.6) is 0 Å². The van der Waals surface area contributed by atoms with E-state index in [0.717, 1.165) is 16.7 Å². The number of carbonyl (C=O) groups is 1. The van der Waals surface area contributed by atoms with Crippen molar-refractivity contribution in [3.05, 3.63) is 59.4 Å². The molecule has 3 aromatic rings. The lowest BCUT2D eigenvalue weighted by Crippen LogP contribution is -2.24. The summed E-state index contributed by atoms with van der Waals surface area (Å²) in [5, 5.41) is 0. The summed E-state index contributed by atoms with van der Waals surface area (Å²) in [6.45, 7) is 3.92. The van der Waals surface area contributed by atoms with Crippen LogP contribution in [0.1, 0.15) is 19.6 Å². The summed E-state index contributed by atoms with van der Waals surface area (Å²) in [4.78, 5) is 18.4. The molecule has 0 unspecified atom stereocenters. The van der Waals surface area contributed by atoms with Gasteiger partial charge in [-0.25, -0.2) is 4.98 Å². The summed E-state index contributed by atoms with van der Waals surface area (Å²) in [7, 11) is 3.11. The first-order valence-corrected chi connectivity index (χ1v) is 7.50. The molecule has 1 aromatic carbocycles. The molecule has 0 saturated heterocycles. The fourth-order valence-corrected chi connectivity index (χ4v) is 2.40. The van der Waals surface area contributed by atoms with Gasteiger partial charge in [0.25, 0.3) is 0 Å². The van der Waals surface area contributed by atoms with Gasteiger partial charge in [-0.3, -0.25) is 4.79 Å². The van der Waals surface area contributed by atoms with E-state index in [1.807, 2.05) is 56.4 Å². The third-order valence-corrected chi connectivity index (χ3v) is 3.72. The molecular weight excluding hydrogens is 286 g/mol. The van der Waals surface area contributed by atoms with Crippen LogP contribution < -0.4 is 0 Å². The van der Waals surface area contributed by atoms with Gasteiger partial charge in [-0.2, -0.15) is 0 Å². The summed E-state index contributed by atoms with van der Waals surface area (Å²) in [5.74, 6) is -0.607. The van der Waals surface area contributed by atoms with E-state index in [2.05, 4.69) is 4.98 Å². The lowest BCUT2D eigenvalue weighted by Gasteiger charge is -2.11. The number of amides is 1. The Morgan fingerprint density at radius 1 is 1.13 bits per heavy atom. The van der Waals surface area contributed by atoms with Crippen LogP contribution in [-0.4, -0.2) is 34.3 Å². The molecule has 23 heavy (non-hydrogen) atoms. The van der Waals surface area contributed by atoms with E-state index in [-0.39, 0.29) is 5.69 Å². The number of fused-ring (bicyclic) bond motifs is 1. The van der Waals surface area contributed by atoms with E-state index >= 15 is 0 Å². The van der Waals surface area contributed by atoms with E-state index < -0.39 is 12.3 Å². The van der Waals surface area contributed by atoms with E-state index in [1.165, 1.54) is 4.90 Å². The normalized spacial score (nSPS) is 12.9. The summed E-state index contributed by atoms with van der Waals surface area (Å²) < 4.78 is 18.7. The van der Waals surface area contributed by atoms with Crippen molar-refractivity contribution in [2.45, 2.75) is 20.2 Å². The molecule has 0 saturated carbocycles. The number of rotatable bonds is 3. The molecule has 0 atom stereocenters. The van der Waals surface area contributed by atoms with Crippen molar-refractivity contribution in [3.63, 3.8) is 0 Å². The summed E-state index contributed by atoms with van der Waals surface area (Å²) >= 11 is 0. The predicted molar refractivity (Wildman–Crippen MR) is 92.5 cm³/mol. The number of imidazole rings is 1. The molecule has 1 amide bonds. The zero-order valence-corrected chi connectivity index (χ0v) is 13.8. The molecular formula is C19H21N3O. The topological polar surface area (TPSA) is 37.6 Å². The van der Waals surface area contributed by atoms with Crippen LogP contribution >= 0.6 is 0 Å². The van der Waals surface area contributed by atoms with Gasteiger partial charge < -0.3 is 9.30 Å². The van der Waals surface area contributed by atoms with Gasteiger partial charge >= 0.3 is 0 Å². The first-order chi connectivity index (χ1) is 11.7. The van der Waals surface area contributed by atoms with E-state index in [9.17, 15) is 4.79 Å². The SMILES string of the molecule is [2H]C([2H])(C(=O)N(C)C)c1c(-c2ccc(C)cc2)nc2ccc(C)cn12. The largest absolute Gasteiger partial charge is 0.348 e. The Hall–Kier alpha value is -2.62. The van der Waals surface area contributed by atoms with E-state index in [0.29, 0.717) is 11.3 Å². The van der Waals surface area contributed by atoms with Crippen LogP contribution in [0.4, 0.5) is 0 Å². The Labute approximate surface area is 139 Å². The summed E-state index contributed by atoms with van der Waals surface area (Å²) in [5.41, 5.74) is 4.23. The second-order valence-electron chi connectivity index (χ2n) is 5.93. The van der Waals surface area contributed by atoms with Gasteiger partial charge in [0.05, 0.1) is 17.8 Å². The number of hydrogen-bond acceptors (Lipinski definition) is 2. The highest BCUT2D eigenvalue weighted by Gasteiger charge is 2.18. The first kappa shape index (κ1) is 12.9. The molecule has 4 heteroatoms. The van der Waals surface area contributed by atoms with Crippen LogP contribution in [0, 0.1) is 13.8 Å². The fourth-order valence-electron chi connectivity index (χ4n) is 2.40. The van der Waals surface area contributed by atoms with Gasteiger partial charge in [-0.1, -0.05) is 35.9 Å². The molecule has 2 aromatic heterocycles. The Balaban J connectivity index is 2.34. The molecule has 0 bridgehead atoms. The molecule has 4 nitrogen and oxygen atoms in total. The Morgan fingerprint density at radius 2 is 1.78 bits per heavy atom. The van der Waals surface area contributed by atoms with Crippen molar-refractivity contribution in [2.24, 2.45) is 0 Å². The number of benzene rings is 1. The van der Waals surface area contributed by atoms with Crippen molar-refractivity contribution < 1.29 is 7.54 Å². The highest BCUT2D eigenvalue weighted by molar-refractivity contribution is 5.81. The van der Waals surface area contributed by atoms with Crippen LogP contribution in [0.25, 0.3) is 16.9 Å². The number of hydrogen-bond donors (Lipinski definition) is 0. The zero-order chi connectivity index (χ0) is 18.4. The fraction of sp³-hybridized carbons (Fsp3) is 0.263. The van der Waals surface area contributed by atoms with Gasteiger partial charge in [0.1, 0.15) is 5.65 Å². The summed E-state index contributed by atoms with van der Waals surface area (Å²) in [6.07, 6.45) is -0.382. The minimum absolute atomic E-state index is 0.258. The van der Waals surface area contributed by atoms with Gasteiger partial charge in [0.2, 0.25) is 5.91 Å². The Kier molecular flexibility index (Phi) is 3.29. The molecule has 0 spiro atoms. The maximum absolute atomic E-state index is 12.5. The number of likely N-dealkylation sites (N-methyl/N-ethyl adjacent to an activating group) is 1. The van der Waals surface area contributed by atoms with Crippen molar-refractivity contribution in [2.75, 3.05) is 14.1 Å². The molecule has 118 valence electrons. The van der Waals surface area contributed by atoms with Gasteiger partial charge in [-0.05, 0) is 25.5 Å². The van der Waals surface area contributed by atoms with Gasteiger partial charge in [0, 0.05) is 28.6 Å². The number of carbonyl (C=O) groups excluding carboxylic acids is 1. The van der Waals surface area contributed by atoms with Gasteiger partial charge in [0.15, 0.2) is 0 Å². The van der Waals surface area contributed by atoms with Gasteiger partial charge in [-0.15, -0.1) is 0 Å². The molecule has 0 aliphatic carbocycles. The standard InChI is InChI=1S/C19H21N3O/c1-13-5-8-15(9-6-13)19-16(11-18(23)21(3)4)22-12-14(2)7-10-17(22)20-19/h5-10,12H,11H2,1-4H3/i11D2. The number of nitrogens with zero attached hydrogens (tertiary/aromatic N) is 3. The molecule has 0 radical (unpaired) electrons. The van der Waals surface area contributed by atoms with E-state index in [1.54, 1.807) is 18.5 Å². The second kappa shape index (κ2) is 5.88. The molecule has 2 heterocycles. The molecule has 0 N–H and O–H groups in total. The average Bonchev–Trinajstić information content (AvgIpc) is 2.93. The minimum Gasteiger partial charge on any atom is -0.348 e. The van der Waals surface area contributed by atoms with Crippen molar-refractivity contribution >= 4 is 11.6 Å². The predicted octanol–water partition coefficient (Wildman–Crippen LogP) is 3.25. The van der Waals surface area contributed by atoms with E-state index in [4.69, 9.17) is 2.74 Å². The maximum atomic E-state index is 12.5. The zero-order valence-electron chi connectivity index (χ0n) is 15.8. The number of aromatic nitrogens is 2. The number of pyridine rings is 1. The monoisotopic (exact) mass is 309 g/mol. The van der Waals surface area contributed by atoms with Crippen molar-refractivity contribution in [3.8, 4) is 11.3 Å². The van der Waals surface area contributed by atoms with Crippen LogP contribution in [0.2, 0.25) is 0 Å². The second-order valence-corrected chi connectivity index (χ2v) is 5.93. The smallest absolute Gasteiger partial charge is 0.228 e. The Morgan fingerprint density at radius 3 is 2.43 bits per heavy atom. The van der Waals surface area contributed by atoms with Crippen molar-refractivity contribution in [1.29, 1.82) is 0 Å². The highest BCUT2D eigenvalue weighted by Crippen LogP contribution is 2.26. The van der Waals surface area contributed by atoms with Crippen molar-refractivity contribution in [1.82, 2.24) is 14.3 Å². The highest BCUT2D eigenvalue weighted by atomic mass is 16.2. The summed E-state index contributed by atoms with van der Waals surface area (Å²) in [6, 6.07) is 11.5. The first-order valence-electron chi connectivity index (χ1n) is 8.50.